The average molecular weight is 416 g/mol. The van der Waals surface area contributed by atoms with Gasteiger partial charge in [-0.3, -0.25) is 4.79 Å². The summed E-state index contributed by atoms with van der Waals surface area (Å²) in [4.78, 5) is 14.8. The third kappa shape index (κ3) is 2.51. The van der Waals surface area contributed by atoms with E-state index >= 15 is 0 Å². The lowest BCUT2D eigenvalue weighted by Crippen LogP contribution is -2.09. The molecule has 6 heteroatoms. The molecule has 2 aromatic carbocycles. The predicted octanol–water partition coefficient (Wildman–Crippen LogP) is 4.30. The fourth-order valence-corrected chi connectivity index (χ4v) is 2.82. The van der Waals surface area contributed by atoms with E-state index in [1.54, 1.807) is 18.2 Å². The van der Waals surface area contributed by atoms with Crippen LogP contribution < -0.4 is 5.56 Å². The van der Waals surface area contributed by atoms with E-state index in [2.05, 4.69) is 4.98 Å². The van der Waals surface area contributed by atoms with Crippen molar-refractivity contribution in [2.24, 2.45) is 0 Å². The molecule has 3 nitrogen and oxygen atoms in total. The number of hydrogen-bond acceptors (Lipinski definition) is 2. The molecule has 0 aliphatic carbocycles. The molecule has 0 atom stereocenters. The number of rotatable bonds is 1. The number of H-pyrrole nitrogens is 1. The molecule has 0 amide bonds. The highest BCUT2D eigenvalue weighted by Crippen LogP contribution is 2.34. The van der Waals surface area contributed by atoms with E-state index in [-0.39, 0.29) is 11.3 Å². The van der Waals surface area contributed by atoms with Crippen molar-refractivity contribution in [3.8, 4) is 16.9 Å². The Hall–Kier alpha value is -1.60. The fraction of sp³-hybridized carbons (Fsp3) is 0. The summed E-state index contributed by atoms with van der Waals surface area (Å²) in [6.07, 6.45) is 0. The van der Waals surface area contributed by atoms with Crippen LogP contribution in [0.25, 0.3) is 22.0 Å². The first kappa shape index (κ1) is 14.3. The van der Waals surface area contributed by atoms with Crippen LogP contribution in [0.2, 0.25) is 5.02 Å². The largest absolute Gasteiger partial charge is 0.506 e. The van der Waals surface area contributed by atoms with Gasteiger partial charge in [0.1, 0.15) is 11.6 Å². The maximum absolute atomic E-state index is 13.3. The van der Waals surface area contributed by atoms with Gasteiger partial charge < -0.3 is 10.1 Å². The molecule has 3 aromatic rings. The Morgan fingerprint density at radius 1 is 1.24 bits per heavy atom. The van der Waals surface area contributed by atoms with Crippen LogP contribution in [0.4, 0.5) is 4.39 Å². The SMILES string of the molecule is O=c1[nH]c2cc(Cl)c(I)cc2c(O)c1-c1cccc(F)c1. The predicted molar refractivity (Wildman–Crippen MR) is 89.4 cm³/mol. The van der Waals surface area contributed by atoms with Crippen molar-refractivity contribution >= 4 is 45.1 Å². The molecule has 0 aliphatic heterocycles. The van der Waals surface area contributed by atoms with Gasteiger partial charge in [-0.05, 0) is 52.4 Å². The molecule has 0 radical (unpaired) electrons. The van der Waals surface area contributed by atoms with Gasteiger partial charge in [0.25, 0.3) is 5.56 Å². The third-order valence-electron chi connectivity index (χ3n) is 3.14. The Bertz CT molecular complexity index is 923. The van der Waals surface area contributed by atoms with Gasteiger partial charge in [0.2, 0.25) is 0 Å². The van der Waals surface area contributed by atoms with E-state index in [1.807, 2.05) is 22.6 Å². The number of nitrogens with one attached hydrogen (secondary N) is 1. The van der Waals surface area contributed by atoms with Crippen LogP contribution in [-0.4, -0.2) is 10.1 Å². The molecule has 0 fully saturated rings. The van der Waals surface area contributed by atoms with Crippen LogP contribution in [-0.2, 0) is 0 Å². The normalized spacial score (nSPS) is 11.0. The summed E-state index contributed by atoms with van der Waals surface area (Å²) in [5.41, 5.74) is 0.298. The monoisotopic (exact) mass is 415 g/mol. The van der Waals surface area contributed by atoms with Crippen molar-refractivity contribution in [2.75, 3.05) is 0 Å². The average Bonchev–Trinajstić information content (AvgIpc) is 2.41. The summed E-state index contributed by atoms with van der Waals surface area (Å²) in [5.74, 6) is -0.661. The number of aromatic hydroxyl groups is 1. The molecule has 0 saturated heterocycles. The zero-order chi connectivity index (χ0) is 15.1. The van der Waals surface area contributed by atoms with E-state index in [4.69, 9.17) is 11.6 Å². The van der Waals surface area contributed by atoms with E-state index < -0.39 is 11.4 Å². The minimum absolute atomic E-state index is 0.0418. The number of pyridine rings is 1. The van der Waals surface area contributed by atoms with Crippen molar-refractivity contribution in [1.82, 2.24) is 4.98 Å². The topological polar surface area (TPSA) is 53.1 Å². The van der Waals surface area contributed by atoms with Crippen LogP contribution in [0.15, 0.2) is 41.2 Å². The first-order valence-electron chi connectivity index (χ1n) is 5.97. The molecule has 1 heterocycles. The van der Waals surface area contributed by atoms with Gasteiger partial charge in [0.15, 0.2) is 0 Å². The maximum atomic E-state index is 13.3. The van der Waals surface area contributed by atoms with E-state index in [1.165, 1.54) is 18.2 Å². The van der Waals surface area contributed by atoms with Gasteiger partial charge in [0.05, 0.1) is 16.1 Å². The first-order valence-corrected chi connectivity index (χ1v) is 7.43. The fourth-order valence-electron chi connectivity index (χ4n) is 2.18. The molecule has 0 spiro atoms. The summed E-state index contributed by atoms with van der Waals surface area (Å²) in [6.45, 7) is 0. The van der Waals surface area contributed by atoms with Gasteiger partial charge in [-0.25, -0.2) is 4.39 Å². The van der Waals surface area contributed by atoms with Gasteiger partial charge in [-0.1, -0.05) is 23.7 Å². The first-order chi connectivity index (χ1) is 9.97. The molecule has 0 saturated carbocycles. The quantitative estimate of drug-likeness (QED) is 0.582. The van der Waals surface area contributed by atoms with E-state index in [9.17, 15) is 14.3 Å². The molecule has 0 bridgehead atoms. The lowest BCUT2D eigenvalue weighted by atomic mass is 10.0. The number of benzene rings is 2. The zero-order valence-corrected chi connectivity index (χ0v) is 13.4. The lowest BCUT2D eigenvalue weighted by Gasteiger charge is -2.09. The minimum atomic E-state index is -0.497. The van der Waals surface area contributed by atoms with Crippen molar-refractivity contribution in [3.63, 3.8) is 0 Å². The second-order valence-corrected chi connectivity index (χ2v) is 6.07. The molecule has 3 rings (SSSR count). The van der Waals surface area contributed by atoms with Crippen LogP contribution in [0.5, 0.6) is 5.75 Å². The standard InChI is InChI=1S/C15H8ClFINO2/c16-10-6-12-9(5-11(10)18)14(20)13(15(21)19-12)7-2-1-3-8(17)4-7/h1-6H,(H2,19,20,21). The van der Waals surface area contributed by atoms with Gasteiger partial charge in [-0.15, -0.1) is 0 Å². The van der Waals surface area contributed by atoms with E-state index in [0.29, 0.717) is 21.5 Å². The van der Waals surface area contributed by atoms with Crippen molar-refractivity contribution in [1.29, 1.82) is 0 Å². The summed E-state index contributed by atoms with van der Waals surface area (Å²) >= 11 is 8.04. The number of halogens is 3. The number of fused-ring (bicyclic) bond motifs is 1. The number of aromatic nitrogens is 1. The van der Waals surface area contributed by atoms with Crippen molar-refractivity contribution in [3.05, 3.63) is 61.2 Å². The summed E-state index contributed by atoms with van der Waals surface area (Å²) in [5, 5.41) is 11.3. The molecule has 21 heavy (non-hydrogen) atoms. The van der Waals surface area contributed by atoms with Crippen molar-refractivity contribution in [2.45, 2.75) is 0 Å². The minimum Gasteiger partial charge on any atom is -0.506 e. The zero-order valence-electron chi connectivity index (χ0n) is 10.5. The Balaban J connectivity index is 2.39. The molecular formula is C15H8ClFINO2. The number of aromatic amines is 1. The van der Waals surface area contributed by atoms with Crippen molar-refractivity contribution < 1.29 is 9.50 Å². The molecule has 106 valence electrons. The molecule has 1 aromatic heterocycles. The Morgan fingerprint density at radius 3 is 2.71 bits per heavy atom. The third-order valence-corrected chi connectivity index (χ3v) is 4.66. The summed E-state index contributed by atoms with van der Waals surface area (Å²) < 4.78 is 14.1. The van der Waals surface area contributed by atoms with E-state index in [0.717, 1.165) is 3.57 Å². The summed E-state index contributed by atoms with van der Waals surface area (Å²) in [7, 11) is 0. The molecule has 2 N–H and O–H groups in total. The highest BCUT2D eigenvalue weighted by Gasteiger charge is 2.15. The summed E-state index contributed by atoms with van der Waals surface area (Å²) in [6, 6.07) is 8.79. The Kier molecular flexibility index (Phi) is 3.62. The second-order valence-electron chi connectivity index (χ2n) is 4.50. The van der Waals surface area contributed by atoms with Gasteiger partial charge in [-0.2, -0.15) is 0 Å². The van der Waals surface area contributed by atoms with Gasteiger partial charge in [0, 0.05) is 8.96 Å². The molecule has 0 unspecified atom stereocenters. The smallest absolute Gasteiger partial charge is 0.260 e. The maximum Gasteiger partial charge on any atom is 0.260 e. The highest BCUT2D eigenvalue weighted by molar-refractivity contribution is 14.1. The highest BCUT2D eigenvalue weighted by atomic mass is 127. The molecular weight excluding hydrogens is 408 g/mol. The van der Waals surface area contributed by atoms with Crippen LogP contribution in [0.1, 0.15) is 0 Å². The van der Waals surface area contributed by atoms with Crippen LogP contribution in [0, 0.1) is 9.39 Å². The van der Waals surface area contributed by atoms with Crippen LogP contribution >= 0.6 is 34.2 Å². The Labute approximate surface area is 137 Å². The lowest BCUT2D eigenvalue weighted by molar-refractivity contribution is 0.482. The van der Waals surface area contributed by atoms with Crippen LogP contribution in [0.3, 0.4) is 0 Å². The molecule has 0 aliphatic rings. The van der Waals surface area contributed by atoms with Gasteiger partial charge >= 0.3 is 0 Å². The second kappa shape index (κ2) is 5.31. The number of hydrogen-bond donors (Lipinski definition) is 2. The Morgan fingerprint density at radius 2 is 2.00 bits per heavy atom.